The first-order valence-electron chi connectivity index (χ1n) is 7.66. The van der Waals surface area contributed by atoms with Crippen molar-refractivity contribution in [3.05, 3.63) is 11.6 Å². The first-order chi connectivity index (χ1) is 9.59. The molecule has 0 spiro atoms. The van der Waals surface area contributed by atoms with Crippen LogP contribution in [0.3, 0.4) is 0 Å². The molecule has 0 aromatic rings. The van der Waals surface area contributed by atoms with Gasteiger partial charge in [-0.15, -0.1) is 0 Å². The number of carbonyl (C=O) groups is 1. The average Bonchev–Trinajstić information content (AvgIpc) is 2.84. The molecular weight excluding hydrogens is 266 g/mol. The highest BCUT2D eigenvalue weighted by Crippen LogP contribution is 2.60. The number of nitrogens with zero attached hydrogens (tertiary/aromatic N) is 1. The van der Waals surface area contributed by atoms with Gasteiger partial charge in [-0.3, -0.25) is 4.79 Å². The van der Waals surface area contributed by atoms with Crippen molar-refractivity contribution in [1.29, 1.82) is 0 Å². The summed E-state index contributed by atoms with van der Waals surface area (Å²) in [5.41, 5.74) is 0.520. The number of rotatable bonds is 6. The van der Waals surface area contributed by atoms with Crippen molar-refractivity contribution in [2.75, 3.05) is 6.61 Å². The minimum atomic E-state index is -0.436. The Morgan fingerprint density at radius 2 is 1.95 bits per heavy atom. The van der Waals surface area contributed by atoms with Gasteiger partial charge < -0.3 is 9.57 Å². The summed E-state index contributed by atoms with van der Waals surface area (Å²) in [5, 5.41) is 3.91. The maximum Gasteiger partial charge on any atom is 0.310 e. The van der Waals surface area contributed by atoms with Gasteiger partial charge in [0, 0.05) is 0 Å². The van der Waals surface area contributed by atoms with Gasteiger partial charge in [0.1, 0.15) is 12.2 Å². The highest BCUT2D eigenvalue weighted by atomic mass is 16.6. The molecule has 1 rings (SSSR count). The fourth-order valence-electron chi connectivity index (χ4n) is 2.39. The van der Waals surface area contributed by atoms with Crippen LogP contribution in [0.4, 0.5) is 0 Å². The SMILES string of the molecule is CCCO/N=C/C(C)=C/C1C(C(=O)OC(C)(C)C)C1(C)C. The van der Waals surface area contributed by atoms with Crippen molar-refractivity contribution in [3.63, 3.8) is 0 Å². The third-order valence-electron chi connectivity index (χ3n) is 3.64. The number of hydrogen-bond donors (Lipinski definition) is 0. The highest BCUT2D eigenvalue weighted by Gasteiger charge is 2.61. The molecule has 0 aromatic heterocycles. The molecule has 0 aromatic carbocycles. The molecule has 1 saturated carbocycles. The summed E-state index contributed by atoms with van der Waals surface area (Å²) in [7, 11) is 0. The summed E-state index contributed by atoms with van der Waals surface area (Å²) in [5.74, 6) is 0.0160. The van der Waals surface area contributed by atoms with Crippen LogP contribution in [-0.4, -0.2) is 24.4 Å². The van der Waals surface area contributed by atoms with Crippen LogP contribution < -0.4 is 0 Å². The van der Waals surface area contributed by atoms with Crippen LogP contribution in [-0.2, 0) is 14.4 Å². The van der Waals surface area contributed by atoms with E-state index in [-0.39, 0.29) is 23.2 Å². The highest BCUT2D eigenvalue weighted by molar-refractivity contribution is 5.81. The number of carbonyl (C=O) groups excluding carboxylic acids is 1. The molecule has 0 radical (unpaired) electrons. The first kappa shape index (κ1) is 17.7. The average molecular weight is 295 g/mol. The fourth-order valence-corrected chi connectivity index (χ4v) is 2.39. The van der Waals surface area contributed by atoms with Crippen molar-refractivity contribution in [1.82, 2.24) is 0 Å². The van der Waals surface area contributed by atoms with Crippen LogP contribution in [0.1, 0.15) is 54.9 Å². The van der Waals surface area contributed by atoms with E-state index in [4.69, 9.17) is 9.57 Å². The molecule has 0 amide bonds. The van der Waals surface area contributed by atoms with Gasteiger partial charge in [-0.05, 0) is 51.0 Å². The van der Waals surface area contributed by atoms with Crippen LogP contribution in [0.15, 0.2) is 16.8 Å². The minimum Gasteiger partial charge on any atom is -0.460 e. The molecular formula is C17H29NO3. The molecule has 1 fully saturated rings. The third kappa shape index (κ3) is 5.18. The smallest absolute Gasteiger partial charge is 0.310 e. The predicted octanol–water partition coefficient (Wildman–Crippen LogP) is 3.96. The molecule has 2 atom stereocenters. The lowest BCUT2D eigenvalue weighted by Crippen LogP contribution is -2.26. The van der Waals surface area contributed by atoms with Gasteiger partial charge in [-0.2, -0.15) is 0 Å². The van der Waals surface area contributed by atoms with Crippen LogP contribution in [0, 0.1) is 17.3 Å². The molecule has 0 saturated heterocycles. The second kappa shape index (κ2) is 6.63. The van der Waals surface area contributed by atoms with E-state index in [0.717, 1.165) is 12.0 Å². The van der Waals surface area contributed by atoms with Gasteiger partial charge in [0.15, 0.2) is 0 Å². The summed E-state index contributed by atoms with van der Waals surface area (Å²) in [6.07, 6.45) is 4.74. The second-order valence-electron chi connectivity index (χ2n) is 7.34. The Hall–Kier alpha value is -1.32. The molecule has 1 aliphatic rings. The second-order valence-corrected chi connectivity index (χ2v) is 7.34. The lowest BCUT2D eigenvalue weighted by molar-refractivity contribution is -0.157. The molecule has 0 heterocycles. The number of oxime groups is 1. The van der Waals surface area contributed by atoms with E-state index in [2.05, 4.69) is 25.1 Å². The number of ether oxygens (including phenoxy) is 1. The van der Waals surface area contributed by atoms with Crippen LogP contribution >= 0.6 is 0 Å². The lowest BCUT2D eigenvalue weighted by atomic mass is 10.1. The van der Waals surface area contributed by atoms with Crippen molar-refractivity contribution >= 4 is 12.2 Å². The van der Waals surface area contributed by atoms with Crippen LogP contribution in [0.25, 0.3) is 0 Å². The van der Waals surface area contributed by atoms with E-state index < -0.39 is 5.60 Å². The van der Waals surface area contributed by atoms with Crippen molar-refractivity contribution in [2.45, 2.75) is 60.5 Å². The summed E-state index contributed by atoms with van der Waals surface area (Å²) in [4.78, 5) is 17.3. The van der Waals surface area contributed by atoms with E-state index in [1.54, 1.807) is 6.21 Å². The zero-order valence-corrected chi connectivity index (χ0v) is 14.4. The van der Waals surface area contributed by atoms with Gasteiger partial charge >= 0.3 is 5.97 Å². The Kier molecular flexibility index (Phi) is 5.60. The van der Waals surface area contributed by atoms with Gasteiger partial charge in [-0.1, -0.05) is 32.0 Å². The van der Waals surface area contributed by atoms with E-state index in [1.165, 1.54) is 0 Å². The molecule has 0 aliphatic heterocycles. The lowest BCUT2D eigenvalue weighted by Gasteiger charge is -2.19. The van der Waals surface area contributed by atoms with Gasteiger partial charge in [-0.25, -0.2) is 0 Å². The zero-order chi connectivity index (χ0) is 16.3. The standard InChI is InChI=1S/C17H29NO3/c1-8-9-20-18-11-12(2)10-13-14(17(13,6)7)15(19)21-16(3,4)5/h10-11,13-14H,8-9H2,1-7H3/b12-10+,18-11+. The largest absolute Gasteiger partial charge is 0.460 e. The molecule has 21 heavy (non-hydrogen) atoms. The first-order valence-corrected chi connectivity index (χ1v) is 7.66. The molecule has 2 unspecified atom stereocenters. The minimum absolute atomic E-state index is 0.0539. The third-order valence-corrected chi connectivity index (χ3v) is 3.64. The van der Waals surface area contributed by atoms with E-state index in [9.17, 15) is 4.79 Å². The van der Waals surface area contributed by atoms with Crippen molar-refractivity contribution < 1.29 is 14.4 Å². The summed E-state index contributed by atoms with van der Waals surface area (Å²) in [6, 6.07) is 0. The number of allylic oxidation sites excluding steroid dienone is 2. The van der Waals surface area contributed by atoms with Gasteiger partial charge in [0.2, 0.25) is 0 Å². The number of hydrogen-bond acceptors (Lipinski definition) is 4. The molecule has 0 N–H and O–H groups in total. The number of esters is 1. The van der Waals surface area contributed by atoms with Crippen molar-refractivity contribution in [3.8, 4) is 0 Å². The fraction of sp³-hybridized carbons (Fsp3) is 0.765. The Morgan fingerprint density at radius 1 is 1.33 bits per heavy atom. The van der Waals surface area contributed by atoms with Gasteiger partial charge in [0.25, 0.3) is 0 Å². The van der Waals surface area contributed by atoms with E-state index in [0.29, 0.717) is 6.61 Å². The Labute approximate surface area is 128 Å². The quantitative estimate of drug-likeness (QED) is 0.322. The summed E-state index contributed by atoms with van der Waals surface area (Å²) < 4.78 is 5.50. The van der Waals surface area contributed by atoms with E-state index >= 15 is 0 Å². The molecule has 4 nitrogen and oxygen atoms in total. The molecule has 4 heteroatoms. The topological polar surface area (TPSA) is 47.9 Å². The summed E-state index contributed by atoms with van der Waals surface area (Å²) >= 11 is 0. The Balaban J connectivity index is 2.63. The maximum atomic E-state index is 12.2. The van der Waals surface area contributed by atoms with Crippen LogP contribution in [0.2, 0.25) is 0 Å². The zero-order valence-electron chi connectivity index (χ0n) is 14.4. The summed E-state index contributed by atoms with van der Waals surface area (Å²) in [6.45, 7) is 14.5. The monoisotopic (exact) mass is 295 g/mol. The van der Waals surface area contributed by atoms with Crippen molar-refractivity contribution in [2.24, 2.45) is 22.4 Å². The predicted molar refractivity (Wildman–Crippen MR) is 85.1 cm³/mol. The molecule has 1 aliphatic carbocycles. The normalized spacial score (nSPS) is 25.0. The molecule has 120 valence electrons. The Bertz CT molecular complexity index is 430. The van der Waals surface area contributed by atoms with Crippen LogP contribution in [0.5, 0.6) is 0 Å². The Morgan fingerprint density at radius 3 is 2.48 bits per heavy atom. The molecule has 0 bridgehead atoms. The van der Waals surface area contributed by atoms with Gasteiger partial charge in [0.05, 0.1) is 12.1 Å². The maximum absolute atomic E-state index is 12.2. The van der Waals surface area contributed by atoms with E-state index in [1.807, 2.05) is 34.6 Å².